The number of unbranched alkanes of at least 4 members (excludes halogenated alkanes) is 3. The summed E-state index contributed by atoms with van der Waals surface area (Å²) >= 11 is 0. The number of carbonyl (C=O) groups excluding carboxylic acids is 3. The number of aryl methyl sites for hydroxylation is 2. The van der Waals surface area contributed by atoms with E-state index in [-0.39, 0.29) is 5.97 Å². The number of rotatable bonds is 14. The zero-order valence-electron chi connectivity index (χ0n) is 23.4. The van der Waals surface area contributed by atoms with Crippen LogP contribution in [0, 0.1) is 6.92 Å². The molecule has 0 heterocycles. The van der Waals surface area contributed by atoms with Crippen molar-refractivity contribution in [2.24, 2.45) is 0 Å². The van der Waals surface area contributed by atoms with E-state index in [2.05, 4.69) is 13.5 Å². The molecular formula is C33H36O7. The molecule has 40 heavy (non-hydrogen) atoms. The van der Waals surface area contributed by atoms with Crippen molar-refractivity contribution in [3.63, 3.8) is 0 Å². The Kier molecular flexibility index (Phi) is 11.5. The molecule has 0 aliphatic heterocycles. The lowest BCUT2D eigenvalue weighted by Crippen LogP contribution is -2.10. The quantitative estimate of drug-likeness (QED) is 0.0929. The van der Waals surface area contributed by atoms with Gasteiger partial charge >= 0.3 is 17.9 Å². The van der Waals surface area contributed by atoms with Crippen LogP contribution < -0.4 is 14.2 Å². The molecule has 0 fully saturated rings. The zero-order chi connectivity index (χ0) is 28.9. The summed E-state index contributed by atoms with van der Waals surface area (Å²) in [6, 6.07) is 18.7. The van der Waals surface area contributed by atoms with Gasteiger partial charge in [-0.2, -0.15) is 0 Å². The van der Waals surface area contributed by atoms with E-state index in [0.29, 0.717) is 47.2 Å². The molecule has 0 unspecified atom stereocenters. The topological polar surface area (TPSA) is 88.1 Å². The summed E-state index contributed by atoms with van der Waals surface area (Å²) in [5.74, 6) is 0.154. The minimum absolute atomic E-state index is 0.321. The molecule has 7 nitrogen and oxygen atoms in total. The van der Waals surface area contributed by atoms with Crippen molar-refractivity contribution in [3.8, 4) is 17.2 Å². The average Bonchev–Trinajstić information content (AvgIpc) is 2.95. The molecule has 3 aromatic carbocycles. The Hall–Kier alpha value is -4.39. The molecule has 0 bridgehead atoms. The highest BCUT2D eigenvalue weighted by Gasteiger charge is 2.13. The first-order chi connectivity index (χ1) is 19.3. The van der Waals surface area contributed by atoms with Crippen molar-refractivity contribution in [2.45, 2.75) is 52.9 Å². The molecule has 210 valence electrons. The minimum Gasteiger partial charge on any atom is -0.493 e. The van der Waals surface area contributed by atoms with Gasteiger partial charge in [0.05, 0.1) is 24.3 Å². The van der Waals surface area contributed by atoms with Crippen LogP contribution in [0.2, 0.25) is 0 Å². The fourth-order valence-electron chi connectivity index (χ4n) is 3.75. The van der Waals surface area contributed by atoms with Gasteiger partial charge in [-0.3, -0.25) is 0 Å². The predicted octanol–water partition coefficient (Wildman–Crippen LogP) is 7.05. The van der Waals surface area contributed by atoms with Crippen molar-refractivity contribution < 1.29 is 33.3 Å². The van der Waals surface area contributed by atoms with Gasteiger partial charge < -0.3 is 18.9 Å². The molecule has 3 aromatic rings. The summed E-state index contributed by atoms with van der Waals surface area (Å²) in [6.45, 7) is 10.1. The van der Waals surface area contributed by atoms with Gasteiger partial charge in [0.25, 0.3) is 0 Å². The van der Waals surface area contributed by atoms with Crippen LogP contribution in [-0.2, 0) is 16.0 Å². The second-order valence-corrected chi connectivity index (χ2v) is 9.46. The monoisotopic (exact) mass is 544 g/mol. The third kappa shape index (κ3) is 9.42. The zero-order valence-corrected chi connectivity index (χ0v) is 23.4. The first-order valence-electron chi connectivity index (χ1n) is 13.5. The van der Waals surface area contributed by atoms with Crippen molar-refractivity contribution in [3.05, 3.63) is 101 Å². The number of ether oxygens (including phenoxy) is 4. The normalized spacial score (nSPS) is 10.5. The summed E-state index contributed by atoms with van der Waals surface area (Å²) in [5, 5.41) is 0. The number of esters is 3. The molecule has 0 spiro atoms. The van der Waals surface area contributed by atoms with Gasteiger partial charge in [0.15, 0.2) is 0 Å². The van der Waals surface area contributed by atoms with Gasteiger partial charge in [0.1, 0.15) is 17.2 Å². The van der Waals surface area contributed by atoms with Crippen LogP contribution in [0.1, 0.15) is 71.4 Å². The van der Waals surface area contributed by atoms with Gasteiger partial charge in [-0.1, -0.05) is 25.6 Å². The number of benzene rings is 3. The predicted molar refractivity (Wildman–Crippen MR) is 153 cm³/mol. The molecule has 0 radical (unpaired) electrons. The Morgan fingerprint density at radius 2 is 1.27 bits per heavy atom. The van der Waals surface area contributed by atoms with E-state index in [1.165, 1.54) is 0 Å². The Balaban J connectivity index is 1.41. The van der Waals surface area contributed by atoms with Crippen molar-refractivity contribution in [1.82, 2.24) is 0 Å². The summed E-state index contributed by atoms with van der Waals surface area (Å²) in [7, 11) is 0. The smallest absolute Gasteiger partial charge is 0.343 e. The summed E-state index contributed by atoms with van der Waals surface area (Å²) in [5.41, 5.74) is 3.14. The first-order valence-corrected chi connectivity index (χ1v) is 13.5. The van der Waals surface area contributed by atoms with Gasteiger partial charge in [-0.15, -0.1) is 0 Å². The Morgan fingerprint density at radius 3 is 1.85 bits per heavy atom. The molecule has 3 rings (SSSR count). The molecule has 0 N–H and O–H groups in total. The highest BCUT2D eigenvalue weighted by Crippen LogP contribution is 2.22. The van der Waals surface area contributed by atoms with Crippen LogP contribution in [0.5, 0.6) is 17.2 Å². The Labute approximate surface area is 235 Å². The van der Waals surface area contributed by atoms with Crippen molar-refractivity contribution in [2.75, 3.05) is 13.2 Å². The Morgan fingerprint density at radius 1 is 0.725 bits per heavy atom. The number of carbonyl (C=O) groups is 3. The molecule has 0 amide bonds. The molecule has 0 saturated carbocycles. The lowest BCUT2D eigenvalue weighted by atomic mass is 10.1. The Bertz CT molecular complexity index is 1310. The van der Waals surface area contributed by atoms with Gasteiger partial charge in [0, 0.05) is 5.57 Å². The van der Waals surface area contributed by atoms with E-state index < -0.39 is 11.9 Å². The third-order valence-corrected chi connectivity index (χ3v) is 6.13. The van der Waals surface area contributed by atoms with E-state index in [1.807, 2.05) is 19.1 Å². The maximum absolute atomic E-state index is 12.7. The average molecular weight is 545 g/mol. The van der Waals surface area contributed by atoms with Gasteiger partial charge in [-0.05, 0) is 112 Å². The molecule has 0 aromatic heterocycles. The molecule has 0 atom stereocenters. The van der Waals surface area contributed by atoms with Crippen LogP contribution in [0.4, 0.5) is 0 Å². The van der Waals surface area contributed by atoms with E-state index in [9.17, 15) is 14.4 Å². The molecule has 0 saturated heterocycles. The summed E-state index contributed by atoms with van der Waals surface area (Å²) < 4.78 is 21.8. The van der Waals surface area contributed by atoms with Gasteiger partial charge in [0.2, 0.25) is 0 Å². The second-order valence-electron chi connectivity index (χ2n) is 9.46. The molecule has 0 aliphatic rings. The van der Waals surface area contributed by atoms with Crippen LogP contribution in [0.25, 0.3) is 0 Å². The van der Waals surface area contributed by atoms with Crippen molar-refractivity contribution in [1.29, 1.82) is 0 Å². The van der Waals surface area contributed by atoms with E-state index in [4.69, 9.17) is 18.9 Å². The number of hydrogen-bond acceptors (Lipinski definition) is 7. The highest BCUT2D eigenvalue weighted by atomic mass is 16.5. The third-order valence-electron chi connectivity index (χ3n) is 6.13. The maximum Gasteiger partial charge on any atom is 0.343 e. The minimum atomic E-state index is -0.506. The SMILES string of the molecule is C=C(C)C(=O)OCCCCCCOc1ccc(C(=O)Oc2ccc(C(=O)Oc3ccc(CC)cc3)cc2)cc1C. The van der Waals surface area contributed by atoms with E-state index in [1.54, 1.807) is 61.5 Å². The fraction of sp³-hybridized carbons (Fsp3) is 0.303. The van der Waals surface area contributed by atoms with Crippen LogP contribution in [0.3, 0.4) is 0 Å². The number of hydrogen-bond donors (Lipinski definition) is 0. The summed E-state index contributed by atoms with van der Waals surface area (Å²) in [6.07, 6.45) is 4.47. The molecule has 7 heteroatoms. The molecule has 0 aliphatic carbocycles. The second kappa shape index (κ2) is 15.3. The van der Waals surface area contributed by atoms with Crippen LogP contribution >= 0.6 is 0 Å². The standard InChI is InChI=1S/C33H36O7/c1-5-25-10-15-28(16-11-25)39-32(35)26-12-17-29(18-13-26)40-33(36)27-14-19-30(24(4)22-27)37-20-8-6-7-9-21-38-31(34)23(2)3/h10-19,22H,2,5-9,20-21H2,1,3-4H3. The largest absolute Gasteiger partial charge is 0.493 e. The fourth-order valence-corrected chi connectivity index (χ4v) is 3.75. The van der Waals surface area contributed by atoms with Crippen LogP contribution in [0.15, 0.2) is 78.9 Å². The van der Waals surface area contributed by atoms with Crippen LogP contribution in [-0.4, -0.2) is 31.1 Å². The van der Waals surface area contributed by atoms with Gasteiger partial charge in [-0.25, -0.2) is 14.4 Å². The van der Waals surface area contributed by atoms with Crippen molar-refractivity contribution >= 4 is 17.9 Å². The first kappa shape index (κ1) is 30.2. The highest BCUT2D eigenvalue weighted by molar-refractivity contribution is 5.93. The maximum atomic E-state index is 12.7. The van der Waals surface area contributed by atoms with E-state index >= 15 is 0 Å². The summed E-state index contributed by atoms with van der Waals surface area (Å²) in [4.78, 5) is 36.4. The van der Waals surface area contributed by atoms with E-state index in [0.717, 1.165) is 43.2 Å². The lowest BCUT2D eigenvalue weighted by molar-refractivity contribution is -0.139. The molecular weight excluding hydrogens is 508 g/mol. The lowest BCUT2D eigenvalue weighted by Gasteiger charge is -2.11.